The summed E-state index contributed by atoms with van der Waals surface area (Å²) in [5.41, 5.74) is 0.570. The van der Waals surface area contributed by atoms with E-state index in [2.05, 4.69) is 5.32 Å². The van der Waals surface area contributed by atoms with E-state index >= 15 is 0 Å². The summed E-state index contributed by atoms with van der Waals surface area (Å²) in [7, 11) is 3.05. The van der Waals surface area contributed by atoms with Crippen LogP contribution in [0.15, 0.2) is 18.2 Å². The molecule has 0 unspecified atom stereocenters. The van der Waals surface area contributed by atoms with Gasteiger partial charge in [-0.3, -0.25) is 14.4 Å². The summed E-state index contributed by atoms with van der Waals surface area (Å²) in [5, 5.41) is 2.75. The lowest BCUT2D eigenvalue weighted by Gasteiger charge is -2.20. The number of carbonyl (C=O) groups is 3. The van der Waals surface area contributed by atoms with E-state index in [-0.39, 0.29) is 37.4 Å². The maximum atomic E-state index is 12.4. The first kappa shape index (κ1) is 18.0. The van der Waals surface area contributed by atoms with Crippen LogP contribution in [0.2, 0.25) is 0 Å². The molecule has 3 rings (SSSR count). The van der Waals surface area contributed by atoms with Crippen molar-refractivity contribution in [3.8, 4) is 11.5 Å². The van der Waals surface area contributed by atoms with Crippen LogP contribution in [0.5, 0.6) is 11.5 Å². The van der Waals surface area contributed by atoms with Gasteiger partial charge in [-0.2, -0.15) is 0 Å². The highest BCUT2D eigenvalue weighted by atomic mass is 16.5. The number of amides is 2. The zero-order valence-corrected chi connectivity index (χ0v) is 14.8. The van der Waals surface area contributed by atoms with E-state index in [1.807, 2.05) is 0 Å². The van der Waals surface area contributed by atoms with Crippen molar-refractivity contribution in [1.82, 2.24) is 5.32 Å². The number of benzene rings is 1. The maximum Gasteiger partial charge on any atom is 0.311 e. The highest BCUT2D eigenvalue weighted by Crippen LogP contribution is 2.36. The molecule has 2 amide bonds. The van der Waals surface area contributed by atoms with Crippen LogP contribution in [-0.2, 0) is 19.1 Å². The van der Waals surface area contributed by atoms with Gasteiger partial charge in [-0.15, -0.1) is 0 Å². The number of rotatable bonds is 7. The van der Waals surface area contributed by atoms with Gasteiger partial charge in [0.15, 0.2) is 6.61 Å². The van der Waals surface area contributed by atoms with Gasteiger partial charge in [0, 0.05) is 25.1 Å². The molecule has 1 aliphatic carbocycles. The monoisotopic (exact) mass is 362 g/mol. The molecule has 1 aliphatic heterocycles. The van der Waals surface area contributed by atoms with Crippen molar-refractivity contribution in [3.05, 3.63) is 18.2 Å². The first-order valence-corrected chi connectivity index (χ1v) is 8.50. The molecule has 1 aromatic carbocycles. The first-order chi connectivity index (χ1) is 12.5. The van der Waals surface area contributed by atoms with E-state index in [1.165, 1.54) is 12.0 Å². The Bertz CT molecular complexity index is 716. The van der Waals surface area contributed by atoms with Crippen LogP contribution < -0.4 is 19.7 Å². The Morgan fingerprint density at radius 3 is 2.65 bits per heavy atom. The summed E-state index contributed by atoms with van der Waals surface area (Å²) in [6.45, 7) is -0.128. The fourth-order valence-electron chi connectivity index (χ4n) is 2.86. The smallest absolute Gasteiger partial charge is 0.311 e. The molecule has 8 heteroatoms. The van der Waals surface area contributed by atoms with Gasteiger partial charge in [0.2, 0.25) is 5.91 Å². The van der Waals surface area contributed by atoms with Gasteiger partial charge in [-0.1, -0.05) is 0 Å². The molecule has 26 heavy (non-hydrogen) atoms. The summed E-state index contributed by atoms with van der Waals surface area (Å²) in [6.07, 6.45) is 1.98. The van der Waals surface area contributed by atoms with Crippen molar-refractivity contribution in [1.29, 1.82) is 0 Å². The van der Waals surface area contributed by atoms with Gasteiger partial charge in [0.1, 0.15) is 11.5 Å². The number of ether oxygens (including phenoxy) is 3. The third-order valence-corrected chi connectivity index (χ3v) is 4.42. The topological polar surface area (TPSA) is 94.2 Å². The molecule has 0 spiro atoms. The Kier molecular flexibility index (Phi) is 5.29. The second-order valence-electron chi connectivity index (χ2n) is 6.39. The number of nitrogens with zero attached hydrogens (tertiary/aromatic N) is 1. The van der Waals surface area contributed by atoms with Crippen molar-refractivity contribution in [3.63, 3.8) is 0 Å². The summed E-state index contributed by atoms with van der Waals surface area (Å²) in [4.78, 5) is 37.7. The molecule has 0 bridgehead atoms. The zero-order chi connectivity index (χ0) is 18.7. The van der Waals surface area contributed by atoms with Crippen molar-refractivity contribution < 1.29 is 28.6 Å². The maximum absolute atomic E-state index is 12.4. The molecule has 1 saturated heterocycles. The van der Waals surface area contributed by atoms with Crippen molar-refractivity contribution in [2.45, 2.75) is 25.3 Å². The summed E-state index contributed by atoms with van der Waals surface area (Å²) >= 11 is 0. The molecular formula is C18H22N2O6. The third-order valence-electron chi connectivity index (χ3n) is 4.42. The van der Waals surface area contributed by atoms with E-state index in [4.69, 9.17) is 14.2 Å². The molecule has 1 aromatic rings. The zero-order valence-electron chi connectivity index (χ0n) is 14.8. The van der Waals surface area contributed by atoms with Crippen molar-refractivity contribution in [2.75, 3.05) is 32.3 Å². The number of hydrogen-bond acceptors (Lipinski definition) is 6. The molecule has 8 nitrogen and oxygen atoms in total. The van der Waals surface area contributed by atoms with Crippen LogP contribution in [0.1, 0.15) is 19.3 Å². The second-order valence-corrected chi connectivity index (χ2v) is 6.39. The van der Waals surface area contributed by atoms with Gasteiger partial charge in [0.05, 0.1) is 25.8 Å². The number of esters is 1. The number of anilines is 1. The lowest BCUT2D eigenvalue weighted by molar-refractivity contribution is -0.152. The van der Waals surface area contributed by atoms with Crippen LogP contribution in [-0.4, -0.2) is 51.2 Å². The van der Waals surface area contributed by atoms with Gasteiger partial charge in [-0.05, 0) is 25.0 Å². The fourth-order valence-corrected chi connectivity index (χ4v) is 2.86. The van der Waals surface area contributed by atoms with Crippen LogP contribution in [0.4, 0.5) is 5.69 Å². The minimum absolute atomic E-state index is 0.0399. The number of hydrogen-bond donors (Lipinski definition) is 1. The molecule has 0 aromatic heterocycles. The van der Waals surface area contributed by atoms with Crippen LogP contribution in [0.3, 0.4) is 0 Å². The van der Waals surface area contributed by atoms with E-state index in [0.717, 1.165) is 12.8 Å². The number of nitrogens with one attached hydrogen (secondary N) is 1. The van der Waals surface area contributed by atoms with E-state index in [9.17, 15) is 14.4 Å². The van der Waals surface area contributed by atoms with Crippen LogP contribution in [0, 0.1) is 5.92 Å². The fraction of sp³-hybridized carbons (Fsp3) is 0.500. The minimum atomic E-state index is -0.608. The van der Waals surface area contributed by atoms with Gasteiger partial charge >= 0.3 is 5.97 Å². The van der Waals surface area contributed by atoms with E-state index in [0.29, 0.717) is 17.2 Å². The van der Waals surface area contributed by atoms with Crippen LogP contribution >= 0.6 is 0 Å². The Labute approximate surface area is 151 Å². The van der Waals surface area contributed by atoms with Gasteiger partial charge < -0.3 is 24.4 Å². The molecule has 1 heterocycles. The van der Waals surface area contributed by atoms with Crippen molar-refractivity contribution >= 4 is 23.5 Å². The van der Waals surface area contributed by atoms with Gasteiger partial charge in [-0.25, -0.2) is 0 Å². The third kappa shape index (κ3) is 4.07. The SMILES string of the molecule is COc1ccc(N2C[C@H](C(=O)OCC(=O)NC3CC3)CC2=O)c(OC)c1. The average molecular weight is 362 g/mol. The minimum Gasteiger partial charge on any atom is -0.497 e. The average Bonchev–Trinajstić information content (AvgIpc) is 3.38. The second kappa shape index (κ2) is 7.63. The summed E-state index contributed by atoms with van der Waals surface area (Å²) in [6, 6.07) is 5.33. The molecule has 140 valence electrons. The molecule has 1 saturated carbocycles. The lowest BCUT2D eigenvalue weighted by Crippen LogP contribution is -2.32. The molecule has 2 fully saturated rings. The van der Waals surface area contributed by atoms with E-state index in [1.54, 1.807) is 25.3 Å². The molecule has 2 aliphatic rings. The predicted molar refractivity (Wildman–Crippen MR) is 92.1 cm³/mol. The summed E-state index contributed by atoms with van der Waals surface area (Å²) in [5.74, 6) is -0.565. The largest absolute Gasteiger partial charge is 0.497 e. The normalized spacial score (nSPS) is 19.2. The number of carbonyl (C=O) groups excluding carboxylic acids is 3. The highest BCUT2D eigenvalue weighted by molar-refractivity contribution is 6.00. The Balaban J connectivity index is 1.61. The highest BCUT2D eigenvalue weighted by Gasteiger charge is 2.37. The standard InChI is InChI=1S/C18H22N2O6/c1-24-13-5-6-14(15(8-13)25-2)20-9-11(7-17(20)22)18(23)26-10-16(21)19-12-3-4-12/h5-6,8,11-12H,3-4,7,9-10H2,1-2H3,(H,19,21)/t11-/m1/s1. The predicted octanol–water partition coefficient (Wildman–Crippen LogP) is 0.878. The van der Waals surface area contributed by atoms with Gasteiger partial charge in [0.25, 0.3) is 5.91 Å². The molecular weight excluding hydrogens is 340 g/mol. The Morgan fingerprint density at radius 1 is 1.23 bits per heavy atom. The molecule has 0 radical (unpaired) electrons. The Morgan fingerprint density at radius 2 is 2.00 bits per heavy atom. The molecule has 1 atom stereocenters. The van der Waals surface area contributed by atoms with Crippen LogP contribution in [0.25, 0.3) is 0 Å². The quantitative estimate of drug-likeness (QED) is 0.724. The van der Waals surface area contributed by atoms with Crippen molar-refractivity contribution in [2.24, 2.45) is 5.92 Å². The lowest BCUT2D eigenvalue weighted by atomic mass is 10.1. The summed E-state index contributed by atoms with van der Waals surface area (Å²) < 4.78 is 15.5. The molecule has 1 N–H and O–H groups in total. The number of methoxy groups -OCH3 is 2. The first-order valence-electron chi connectivity index (χ1n) is 8.50. The Hall–Kier alpha value is -2.77. The van der Waals surface area contributed by atoms with E-state index < -0.39 is 11.9 Å².